The van der Waals surface area contributed by atoms with Crippen LogP contribution in [0.15, 0.2) is 30.3 Å². The standard InChI is InChI=1S/C15H17NO4S/c1-10-7-12(13-5-3-4-6-14(13)16-10)9-21(19,20)11(2)8-15(17)18/h3-7,11H,8-9H2,1-2H3,(H,17,18). The van der Waals surface area contributed by atoms with E-state index in [1.165, 1.54) is 6.92 Å². The number of benzene rings is 1. The first-order chi connectivity index (χ1) is 9.79. The fourth-order valence-electron chi connectivity index (χ4n) is 2.25. The third-order valence-electron chi connectivity index (χ3n) is 3.36. The number of carbonyl (C=O) groups is 1. The van der Waals surface area contributed by atoms with Gasteiger partial charge in [-0.2, -0.15) is 0 Å². The molecule has 0 saturated heterocycles. The van der Waals surface area contributed by atoms with Gasteiger partial charge in [0.1, 0.15) is 0 Å². The molecule has 0 amide bonds. The topological polar surface area (TPSA) is 84.3 Å². The van der Waals surface area contributed by atoms with E-state index in [4.69, 9.17) is 5.11 Å². The number of carboxylic acid groups (broad SMARTS) is 1. The highest BCUT2D eigenvalue weighted by Gasteiger charge is 2.24. The number of carboxylic acids is 1. The summed E-state index contributed by atoms with van der Waals surface area (Å²) in [6, 6.07) is 9.08. The lowest BCUT2D eigenvalue weighted by Crippen LogP contribution is -2.23. The van der Waals surface area contributed by atoms with Crippen molar-refractivity contribution in [3.05, 3.63) is 41.6 Å². The number of fused-ring (bicyclic) bond motifs is 1. The molecule has 0 saturated carbocycles. The van der Waals surface area contributed by atoms with Crippen LogP contribution < -0.4 is 0 Å². The van der Waals surface area contributed by atoms with Crippen molar-refractivity contribution in [2.24, 2.45) is 0 Å². The summed E-state index contributed by atoms with van der Waals surface area (Å²) in [5, 5.41) is 8.63. The molecular weight excluding hydrogens is 290 g/mol. The third-order valence-corrected chi connectivity index (χ3v) is 5.47. The van der Waals surface area contributed by atoms with Gasteiger partial charge in [-0.05, 0) is 31.5 Å². The van der Waals surface area contributed by atoms with Crippen molar-refractivity contribution >= 4 is 26.7 Å². The fourth-order valence-corrected chi connectivity index (χ4v) is 3.60. The molecule has 0 aliphatic heterocycles. The Labute approximate surface area is 123 Å². The summed E-state index contributed by atoms with van der Waals surface area (Å²) in [6.07, 6.45) is -0.385. The SMILES string of the molecule is Cc1cc(CS(=O)(=O)C(C)CC(=O)O)c2ccccc2n1. The van der Waals surface area contributed by atoms with Crippen LogP contribution in [-0.4, -0.2) is 29.7 Å². The van der Waals surface area contributed by atoms with Crippen molar-refractivity contribution in [1.29, 1.82) is 0 Å². The van der Waals surface area contributed by atoms with Crippen LogP contribution >= 0.6 is 0 Å². The zero-order valence-corrected chi connectivity index (χ0v) is 12.7. The van der Waals surface area contributed by atoms with Crippen molar-refractivity contribution in [2.45, 2.75) is 31.3 Å². The quantitative estimate of drug-likeness (QED) is 0.916. The molecular formula is C15H17NO4S. The molecule has 0 bridgehead atoms. The lowest BCUT2D eigenvalue weighted by molar-refractivity contribution is -0.136. The number of rotatable bonds is 5. The summed E-state index contributed by atoms with van der Waals surface area (Å²) >= 11 is 0. The van der Waals surface area contributed by atoms with Crippen molar-refractivity contribution in [1.82, 2.24) is 4.98 Å². The van der Waals surface area contributed by atoms with Gasteiger partial charge in [0.05, 0.1) is 22.9 Å². The number of para-hydroxylation sites is 1. The van der Waals surface area contributed by atoms with Crippen molar-refractivity contribution in [3.8, 4) is 0 Å². The molecule has 5 nitrogen and oxygen atoms in total. The number of sulfone groups is 1. The molecule has 1 heterocycles. The molecule has 1 unspecified atom stereocenters. The van der Waals surface area contributed by atoms with Gasteiger partial charge in [-0.25, -0.2) is 8.42 Å². The van der Waals surface area contributed by atoms with Gasteiger partial charge in [-0.1, -0.05) is 18.2 Å². The summed E-state index contributed by atoms with van der Waals surface area (Å²) < 4.78 is 24.6. The zero-order chi connectivity index (χ0) is 15.6. The maximum Gasteiger partial charge on any atom is 0.304 e. The van der Waals surface area contributed by atoms with Crippen LogP contribution in [0, 0.1) is 6.92 Å². The molecule has 2 aromatic rings. The van der Waals surface area contributed by atoms with E-state index in [1.54, 1.807) is 6.07 Å². The lowest BCUT2D eigenvalue weighted by Gasteiger charge is -2.13. The number of aliphatic carboxylic acids is 1. The third kappa shape index (κ3) is 3.58. The molecule has 0 radical (unpaired) electrons. The normalized spacial score (nSPS) is 13.2. The molecule has 1 N–H and O–H groups in total. The van der Waals surface area contributed by atoms with Gasteiger partial charge in [0.25, 0.3) is 0 Å². The maximum absolute atomic E-state index is 12.3. The number of nitrogens with zero attached hydrogens (tertiary/aromatic N) is 1. The molecule has 112 valence electrons. The highest BCUT2D eigenvalue weighted by Crippen LogP contribution is 2.22. The Hall–Kier alpha value is -1.95. The second-order valence-corrected chi connectivity index (χ2v) is 7.57. The van der Waals surface area contributed by atoms with Gasteiger partial charge in [-0.3, -0.25) is 9.78 Å². The van der Waals surface area contributed by atoms with Crippen molar-refractivity contribution in [2.75, 3.05) is 0 Å². The molecule has 1 aromatic carbocycles. The van der Waals surface area contributed by atoms with Crippen molar-refractivity contribution < 1.29 is 18.3 Å². The Morgan fingerprint density at radius 1 is 1.33 bits per heavy atom. The van der Waals surface area contributed by atoms with Crippen LogP contribution in [0.25, 0.3) is 10.9 Å². The largest absolute Gasteiger partial charge is 0.481 e. The number of aromatic nitrogens is 1. The van der Waals surface area contributed by atoms with Gasteiger partial charge < -0.3 is 5.11 Å². The van der Waals surface area contributed by atoms with E-state index in [1.807, 2.05) is 31.2 Å². The van der Waals surface area contributed by atoms with E-state index < -0.39 is 21.1 Å². The van der Waals surface area contributed by atoms with Crippen LogP contribution in [-0.2, 0) is 20.4 Å². The number of hydrogen-bond donors (Lipinski definition) is 1. The number of hydrogen-bond acceptors (Lipinski definition) is 4. The molecule has 1 atom stereocenters. The van der Waals surface area contributed by atoms with Crippen LogP contribution in [0.3, 0.4) is 0 Å². The molecule has 2 rings (SSSR count). The van der Waals surface area contributed by atoms with Crippen LogP contribution in [0.2, 0.25) is 0 Å². The first kappa shape index (κ1) is 15.4. The Kier molecular flexibility index (Phi) is 4.27. The predicted octanol–water partition coefficient (Wildman–Crippen LogP) is 2.32. The minimum atomic E-state index is -3.53. The highest BCUT2D eigenvalue weighted by molar-refractivity contribution is 7.91. The van der Waals surface area contributed by atoms with Gasteiger partial charge in [0.2, 0.25) is 0 Å². The van der Waals surface area contributed by atoms with Crippen LogP contribution in [0.1, 0.15) is 24.6 Å². The molecule has 21 heavy (non-hydrogen) atoms. The predicted molar refractivity (Wildman–Crippen MR) is 80.8 cm³/mol. The van der Waals surface area contributed by atoms with Crippen LogP contribution in [0.4, 0.5) is 0 Å². The summed E-state index contributed by atoms with van der Waals surface area (Å²) in [7, 11) is -3.53. The molecule has 0 aliphatic rings. The van der Waals surface area contributed by atoms with Crippen molar-refractivity contribution in [3.63, 3.8) is 0 Å². The summed E-state index contributed by atoms with van der Waals surface area (Å²) in [4.78, 5) is 15.1. The van der Waals surface area contributed by atoms with E-state index in [2.05, 4.69) is 4.98 Å². The second-order valence-electron chi connectivity index (χ2n) is 5.16. The fraction of sp³-hybridized carbons (Fsp3) is 0.333. The van der Waals surface area contributed by atoms with Gasteiger partial charge in [-0.15, -0.1) is 0 Å². The van der Waals surface area contributed by atoms with Gasteiger partial charge in [0, 0.05) is 11.1 Å². The zero-order valence-electron chi connectivity index (χ0n) is 11.9. The molecule has 0 fully saturated rings. The number of aryl methyl sites for hydroxylation is 1. The summed E-state index contributed by atoms with van der Waals surface area (Å²) in [6.45, 7) is 3.24. The lowest BCUT2D eigenvalue weighted by atomic mass is 10.1. The minimum Gasteiger partial charge on any atom is -0.481 e. The van der Waals surface area contributed by atoms with E-state index in [9.17, 15) is 13.2 Å². The average Bonchev–Trinajstić information content (AvgIpc) is 2.37. The smallest absolute Gasteiger partial charge is 0.304 e. The molecule has 1 aromatic heterocycles. The Morgan fingerprint density at radius 2 is 2.00 bits per heavy atom. The maximum atomic E-state index is 12.3. The first-order valence-electron chi connectivity index (χ1n) is 6.58. The van der Waals surface area contributed by atoms with E-state index in [-0.39, 0.29) is 12.2 Å². The Bertz CT molecular complexity index is 783. The van der Waals surface area contributed by atoms with E-state index in [0.29, 0.717) is 5.56 Å². The van der Waals surface area contributed by atoms with Gasteiger partial charge in [0.15, 0.2) is 9.84 Å². The second kappa shape index (κ2) is 5.81. The minimum absolute atomic E-state index is 0.175. The number of pyridine rings is 1. The van der Waals surface area contributed by atoms with E-state index in [0.717, 1.165) is 16.6 Å². The highest BCUT2D eigenvalue weighted by atomic mass is 32.2. The van der Waals surface area contributed by atoms with Crippen LogP contribution in [0.5, 0.6) is 0 Å². The molecule has 6 heteroatoms. The van der Waals surface area contributed by atoms with Gasteiger partial charge >= 0.3 is 5.97 Å². The summed E-state index contributed by atoms with van der Waals surface area (Å²) in [5.74, 6) is -1.28. The van der Waals surface area contributed by atoms with E-state index >= 15 is 0 Å². The average molecular weight is 307 g/mol. The Balaban J connectivity index is 2.41. The first-order valence-corrected chi connectivity index (χ1v) is 8.30. The molecule has 0 aliphatic carbocycles. The monoisotopic (exact) mass is 307 g/mol. The Morgan fingerprint density at radius 3 is 2.67 bits per heavy atom. The summed E-state index contributed by atoms with van der Waals surface area (Å²) in [5.41, 5.74) is 2.15. The molecule has 0 spiro atoms.